The molecule has 2 heterocycles. The van der Waals surface area contributed by atoms with Crippen LogP contribution in [0.1, 0.15) is 27.0 Å². The van der Waals surface area contributed by atoms with Gasteiger partial charge < -0.3 is 14.5 Å². The topological polar surface area (TPSA) is 49.9 Å². The molecule has 0 atom stereocenters. The Morgan fingerprint density at radius 1 is 1.12 bits per heavy atom. The maximum atomic E-state index is 12.7. The molecule has 0 radical (unpaired) electrons. The van der Waals surface area contributed by atoms with Crippen molar-refractivity contribution in [2.24, 2.45) is 0 Å². The number of carbonyl (C=O) groups excluding carboxylic acids is 2. The van der Waals surface area contributed by atoms with Crippen LogP contribution < -0.4 is 0 Å². The summed E-state index contributed by atoms with van der Waals surface area (Å²) in [4.78, 5) is 30.2. The molecule has 1 aromatic heterocycles. The van der Waals surface area contributed by atoms with Gasteiger partial charge >= 0.3 is 5.97 Å². The van der Waals surface area contributed by atoms with Crippen molar-refractivity contribution in [1.29, 1.82) is 0 Å². The predicted octanol–water partition coefficient (Wildman–Crippen LogP) is 2.98. The fraction of sp³-hybridized carbons (Fsp3) is 0.368. The summed E-state index contributed by atoms with van der Waals surface area (Å²) in [5, 5.41) is 0. The van der Waals surface area contributed by atoms with Gasteiger partial charge in [0.15, 0.2) is 0 Å². The summed E-state index contributed by atoms with van der Waals surface area (Å²) in [6.45, 7) is 5.47. The van der Waals surface area contributed by atoms with Gasteiger partial charge in [0.25, 0.3) is 5.91 Å². The van der Waals surface area contributed by atoms with Crippen LogP contribution in [0.3, 0.4) is 0 Å². The molecule has 1 amide bonds. The molecule has 1 aromatic carbocycles. The third-order valence-corrected chi connectivity index (χ3v) is 5.38. The molecule has 5 nitrogen and oxygen atoms in total. The minimum atomic E-state index is -0.302. The molecule has 1 saturated heterocycles. The van der Waals surface area contributed by atoms with Crippen LogP contribution in [0.2, 0.25) is 0 Å². The van der Waals surface area contributed by atoms with Crippen molar-refractivity contribution in [1.82, 2.24) is 9.80 Å². The number of likely N-dealkylation sites (N-methyl/N-ethyl adjacent to an activating group) is 1. The summed E-state index contributed by atoms with van der Waals surface area (Å²) in [6, 6.07) is 11.3. The largest absolute Gasteiger partial charge is 0.462 e. The number of thiophene rings is 1. The van der Waals surface area contributed by atoms with Crippen LogP contribution >= 0.6 is 11.3 Å². The Kier molecular flexibility index (Phi) is 5.50. The molecular formula is C19H22N2O3S. The highest BCUT2D eigenvalue weighted by Crippen LogP contribution is 2.29. The standard InChI is InChI=1S/C19H22N2O3S/c1-3-24-19(23)17-8-7-16(25-17)14-5-4-6-15(13-14)18(22)21-11-9-20(2)10-12-21/h4-8,13H,3,9-12H2,1-2H3. The highest BCUT2D eigenvalue weighted by Gasteiger charge is 2.21. The van der Waals surface area contributed by atoms with Gasteiger partial charge in [-0.05, 0) is 43.8 Å². The molecule has 1 aliphatic heterocycles. The van der Waals surface area contributed by atoms with Crippen LogP contribution in [-0.4, -0.2) is 61.5 Å². The summed E-state index contributed by atoms with van der Waals surface area (Å²) in [5.41, 5.74) is 1.63. The van der Waals surface area contributed by atoms with Gasteiger partial charge in [-0.15, -0.1) is 11.3 Å². The quantitative estimate of drug-likeness (QED) is 0.789. The average Bonchev–Trinajstić information content (AvgIpc) is 3.12. The van der Waals surface area contributed by atoms with Gasteiger partial charge in [0.2, 0.25) is 0 Å². The van der Waals surface area contributed by atoms with Gasteiger partial charge in [-0.25, -0.2) is 4.79 Å². The fourth-order valence-electron chi connectivity index (χ4n) is 2.80. The van der Waals surface area contributed by atoms with Crippen molar-refractivity contribution in [2.45, 2.75) is 6.92 Å². The van der Waals surface area contributed by atoms with E-state index < -0.39 is 0 Å². The van der Waals surface area contributed by atoms with Gasteiger partial charge in [-0.3, -0.25) is 4.79 Å². The van der Waals surface area contributed by atoms with E-state index in [0.717, 1.165) is 36.6 Å². The lowest BCUT2D eigenvalue weighted by Crippen LogP contribution is -2.47. The molecule has 1 fully saturated rings. The first kappa shape index (κ1) is 17.6. The lowest BCUT2D eigenvalue weighted by Gasteiger charge is -2.32. The van der Waals surface area contributed by atoms with Gasteiger partial charge in [-0.2, -0.15) is 0 Å². The summed E-state index contributed by atoms with van der Waals surface area (Å²) in [5.74, 6) is -0.236. The zero-order chi connectivity index (χ0) is 17.8. The number of amides is 1. The Hall–Kier alpha value is -2.18. The van der Waals surface area contributed by atoms with Crippen molar-refractivity contribution in [2.75, 3.05) is 39.8 Å². The highest BCUT2D eigenvalue weighted by atomic mass is 32.1. The maximum absolute atomic E-state index is 12.7. The van der Waals surface area contributed by atoms with Crippen molar-refractivity contribution in [3.05, 3.63) is 46.8 Å². The van der Waals surface area contributed by atoms with Crippen LogP contribution in [-0.2, 0) is 4.74 Å². The number of carbonyl (C=O) groups is 2. The van der Waals surface area contributed by atoms with E-state index >= 15 is 0 Å². The van der Waals surface area contributed by atoms with Crippen LogP contribution in [0.5, 0.6) is 0 Å². The molecule has 2 aromatic rings. The predicted molar refractivity (Wildman–Crippen MR) is 99.1 cm³/mol. The molecule has 0 aliphatic carbocycles. The summed E-state index contributed by atoms with van der Waals surface area (Å²) >= 11 is 1.38. The normalized spacial score (nSPS) is 15.2. The van der Waals surface area contributed by atoms with E-state index in [-0.39, 0.29) is 11.9 Å². The number of piperazine rings is 1. The molecule has 25 heavy (non-hydrogen) atoms. The summed E-state index contributed by atoms with van der Waals surface area (Å²) in [7, 11) is 2.07. The zero-order valence-corrected chi connectivity index (χ0v) is 15.3. The first-order valence-corrected chi connectivity index (χ1v) is 9.25. The van der Waals surface area contributed by atoms with Crippen molar-refractivity contribution < 1.29 is 14.3 Å². The SMILES string of the molecule is CCOC(=O)c1ccc(-c2cccc(C(=O)N3CCN(C)CC3)c2)s1. The van der Waals surface area contributed by atoms with E-state index in [2.05, 4.69) is 11.9 Å². The molecule has 0 bridgehead atoms. The Morgan fingerprint density at radius 3 is 2.60 bits per heavy atom. The van der Waals surface area contributed by atoms with E-state index in [4.69, 9.17) is 4.74 Å². The van der Waals surface area contributed by atoms with Crippen LogP contribution in [0.15, 0.2) is 36.4 Å². The van der Waals surface area contributed by atoms with Gasteiger partial charge in [0.1, 0.15) is 4.88 Å². The molecule has 1 aliphatic rings. The highest BCUT2D eigenvalue weighted by molar-refractivity contribution is 7.17. The molecule has 132 valence electrons. The third kappa shape index (κ3) is 4.08. The molecule has 3 rings (SSSR count). The molecule has 0 saturated carbocycles. The first-order chi connectivity index (χ1) is 12.1. The van der Waals surface area contributed by atoms with Crippen LogP contribution in [0.25, 0.3) is 10.4 Å². The number of benzene rings is 1. The van der Waals surface area contributed by atoms with Gasteiger partial charge in [0.05, 0.1) is 6.61 Å². The summed E-state index contributed by atoms with van der Waals surface area (Å²) < 4.78 is 5.03. The smallest absolute Gasteiger partial charge is 0.348 e. The second-order valence-electron chi connectivity index (χ2n) is 6.06. The Labute approximate surface area is 151 Å². The number of hydrogen-bond donors (Lipinski definition) is 0. The molecule has 0 unspecified atom stereocenters. The number of rotatable bonds is 4. The average molecular weight is 358 g/mol. The van der Waals surface area contributed by atoms with E-state index in [1.807, 2.05) is 35.2 Å². The third-order valence-electron chi connectivity index (χ3n) is 4.27. The molecule has 0 spiro atoms. The number of ether oxygens (including phenoxy) is 1. The van der Waals surface area contributed by atoms with Crippen molar-refractivity contribution in [3.8, 4) is 10.4 Å². The molecular weight excluding hydrogens is 336 g/mol. The van der Waals surface area contributed by atoms with E-state index in [0.29, 0.717) is 17.0 Å². The number of nitrogens with zero attached hydrogens (tertiary/aromatic N) is 2. The van der Waals surface area contributed by atoms with Crippen molar-refractivity contribution >= 4 is 23.2 Å². The van der Waals surface area contributed by atoms with Gasteiger partial charge in [0, 0.05) is 36.6 Å². The van der Waals surface area contributed by atoms with E-state index in [1.54, 1.807) is 13.0 Å². The van der Waals surface area contributed by atoms with Crippen LogP contribution in [0.4, 0.5) is 0 Å². The lowest BCUT2D eigenvalue weighted by molar-refractivity contribution is 0.0531. The minimum absolute atomic E-state index is 0.0668. The Balaban J connectivity index is 1.77. The lowest BCUT2D eigenvalue weighted by atomic mass is 10.1. The molecule has 0 N–H and O–H groups in total. The van der Waals surface area contributed by atoms with Crippen molar-refractivity contribution in [3.63, 3.8) is 0 Å². The number of esters is 1. The van der Waals surface area contributed by atoms with E-state index in [1.165, 1.54) is 11.3 Å². The fourth-order valence-corrected chi connectivity index (χ4v) is 3.70. The molecule has 6 heteroatoms. The van der Waals surface area contributed by atoms with Crippen LogP contribution in [0, 0.1) is 0 Å². The van der Waals surface area contributed by atoms with Gasteiger partial charge in [-0.1, -0.05) is 12.1 Å². The second kappa shape index (κ2) is 7.80. The monoisotopic (exact) mass is 358 g/mol. The first-order valence-electron chi connectivity index (χ1n) is 8.43. The Bertz CT molecular complexity index is 764. The second-order valence-corrected chi connectivity index (χ2v) is 7.14. The number of hydrogen-bond acceptors (Lipinski definition) is 5. The maximum Gasteiger partial charge on any atom is 0.348 e. The zero-order valence-electron chi connectivity index (χ0n) is 14.5. The Morgan fingerprint density at radius 2 is 1.88 bits per heavy atom. The minimum Gasteiger partial charge on any atom is -0.462 e. The summed E-state index contributed by atoms with van der Waals surface area (Å²) in [6.07, 6.45) is 0. The van der Waals surface area contributed by atoms with E-state index in [9.17, 15) is 9.59 Å².